The zero-order chi connectivity index (χ0) is 13.4. The fourth-order valence-electron chi connectivity index (χ4n) is 1.87. The van der Waals surface area contributed by atoms with Crippen molar-refractivity contribution in [3.63, 3.8) is 0 Å². The van der Waals surface area contributed by atoms with E-state index >= 15 is 0 Å². The van der Waals surface area contributed by atoms with E-state index in [2.05, 4.69) is 44.3 Å². The lowest BCUT2D eigenvalue weighted by Crippen LogP contribution is -2.33. The van der Waals surface area contributed by atoms with Gasteiger partial charge in [-0.25, -0.2) is 0 Å². The van der Waals surface area contributed by atoms with E-state index in [-0.39, 0.29) is 0 Å². The summed E-state index contributed by atoms with van der Waals surface area (Å²) in [7, 11) is 1.72. The summed E-state index contributed by atoms with van der Waals surface area (Å²) in [6.45, 7) is 7.68. The minimum absolute atomic E-state index is 0.537. The highest BCUT2D eigenvalue weighted by molar-refractivity contribution is 7.99. The van der Waals surface area contributed by atoms with Gasteiger partial charge in [-0.05, 0) is 35.9 Å². The maximum absolute atomic E-state index is 5.27. The van der Waals surface area contributed by atoms with Crippen LogP contribution < -0.4 is 10.1 Å². The van der Waals surface area contributed by atoms with Crippen molar-refractivity contribution in [2.24, 2.45) is 0 Å². The highest BCUT2D eigenvalue weighted by Gasteiger charge is 2.10. The van der Waals surface area contributed by atoms with Gasteiger partial charge in [-0.2, -0.15) is 11.8 Å². The van der Waals surface area contributed by atoms with Gasteiger partial charge in [-0.1, -0.05) is 32.9 Å². The van der Waals surface area contributed by atoms with E-state index in [9.17, 15) is 0 Å². The second-order valence-corrected chi connectivity index (χ2v) is 6.30. The van der Waals surface area contributed by atoms with E-state index in [1.165, 1.54) is 5.56 Å². The van der Waals surface area contributed by atoms with Crippen LogP contribution in [-0.2, 0) is 6.42 Å². The first kappa shape index (κ1) is 15.4. The SMILES string of the molecule is CCNC(CSC(C)C)Cc1cccc(OC)c1. The Labute approximate surface area is 116 Å². The van der Waals surface area contributed by atoms with Crippen LogP contribution in [-0.4, -0.2) is 30.7 Å². The molecule has 1 aromatic rings. The quantitative estimate of drug-likeness (QED) is 0.780. The molecule has 0 heterocycles. The van der Waals surface area contributed by atoms with Gasteiger partial charge in [0.25, 0.3) is 0 Å². The van der Waals surface area contributed by atoms with Crippen molar-refractivity contribution in [2.45, 2.75) is 38.5 Å². The summed E-state index contributed by atoms with van der Waals surface area (Å²) in [5.41, 5.74) is 1.34. The third kappa shape index (κ3) is 5.78. The molecule has 0 aliphatic rings. The molecule has 18 heavy (non-hydrogen) atoms. The van der Waals surface area contributed by atoms with Crippen LogP contribution in [0.3, 0.4) is 0 Å². The lowest BCUT2D eigenvalue weighted by molar-refractivity contribution is 0.414. The average molecular weight is 267 g/mol. The van der Waals surface area contributed by atoms with E-state index < -0.39 is 0 Å². The molecule has 3 heteroatoms. The van der Waals surface area contributed by atoms with Crippen molar-refractivity contribution in [3.8, 4) is 5.75 Å². The molecule has 0 amide bonds. The highest BCUT2D eigenvalue weighted by Crippen LogP contribution is 2.17. The molecule has 1 rings (SSSR count). The molecule has 0 radical (unpaired) electrons. The number of hydrogen-bond acceptors (Lipinski definition) is 3. The number of ether oxygens (including phenoxy) is 1. The predicted molar refractivity (Wildman–Crippen MR) is 81.8 cm³/mol. The molecule has 0 saturated carbocycles. The Hall–Kier alpha value is -0.670. The topological polar surface area (TPSA) is 21.3 Å². The predicted octanol–water partition coefficient (Wildman–Crippen LogP) is 3.36. The van der Waals surface area contributed by atoms with Crippen LogP contribution in [0.25, 0.3) is 0 Å². The van der Waals surface area contributed by atoms with Crippen LogP contribution in [0.4, 0.5) is 0 Å². The Morgan fingerprint density at radius 1 is 1.33 bits per heavy atom. The molecule has 2 nitrogen and oxygen atoms in total. The highest BCUT2D eigenvalue weighted by atomic mass is 32.2. The van der Waals surface area contributed by atoms with Crippen molar-refractivity contribution in [1.82, 2.24) is 5.32 Å². The Kier molecular flexibility index (Phi) is 7.21. The van der Waals surface area contributed by atoms with Crippen LogP contribution in [0.1, 0.15) is 26.3 Å². The van der Waals surface area contributed by atoms with Gasteiger partial charge in [-0.3, -0.25) is 0 Å². The van der Waals surface area contributed by atoms with E-state index in [1.807, 2.05) is 17.8 Å². The van der Waals surface area contributed by atoms with Crippen molar-refractivity contribution in [1.29, 1.82) is 0 Å². The minimum Gasteiger partial charge on any atom is -0.497 e. The molecule has 0 fully saturated rings. The van der Waals surface area contributed by atoms with Crippen LogP contribution in [0, 0.1) is 0 Å². The number of methoxy groups -OCH3 is 1. The van der Waals surface area contributed by atoms with E-state index in [0.717, 1.165) is 24.5 Å². The van der Waals surface area contributed by atoms with Gasteiger partial charge in [0.15, 0.2) is 0 Å². The van der Waals surface area contributed by atoms with Gasteiger partial charge >= 0.3 is 0 Å². The number of hydrogen-bond donors (Lipinski definition) is 1. The van der Waals surface area contributed by atoms with Crippen molar-refractivity contribution in [3.05, 3.63) is 29.8 Å². The van der Waals surface area contributed by atoms with Crippen molar-refractivity contribution in [2.75, 3.05) is 19.4 Å². The number of nitrogens with one attached hydrogen (secondary N) is 1. The molecular weight excluding hydrogens is 242 g/mol. The van der Waals surface area contributed by atoms with Gasteiger partial charge in [0.05, 0.1) is 7.11 Å². The van der Waals surface area contributed by atoms with Crippen LogP contribution in [0.2, 0.25) is 0 Å². The summed E-state index contributed by atoms with van der Waals surface area (Å²) in [6, 6.07) is 8.90. The van der Waals surface area contributed by atoms with Crippen molar-refractivity contribution < 1.29 is 4.74 Å². The largest absolute Gasteiger partial charge is 0.497 e. The first-order valence-corrected chi connectivity index (χ1v) is 7.68. The van der Waals surface area contributed by atoms with Crippen LogP contribution >= 0.6 is 11.8 Å². The van der Waals surface area contributed by atoms with Gasteiger partial charge in [-0.15, -0.1) is 0 Å². The van der Waals surface area contributed by atoms with Crippen molar-refractivity contribution >= 4 is 11.8 Å². The van der Waals surface area contributed by atoms with Crippen LogP contribution in [0.15, 0.2) is 24.3 Å². The summed E-state index contributed by atoms with van der Waals surface area (Å²) >= 11 is 2.01. The Bertz CT molecular complexity index is 341. The second kappa shape index (κ2) is 8.44. The maximum Gasteiger partial charge on any atom is 0.119 e. The smallest absolute Gasteiger partial charge is 0.119 e. The molecule has 0 saturated heterocycles. The first-order chi connectivity index (χ1) is 8.65. The summed E-state index contributed by atoms with van der Waals surface area (Å²) in [5.74, 6) is 2.10. The average Bonchev–Trinajstić information content (AvgIpc) is 2.36. The van der Waals surface area contributed by atoms with Gasteiger partial charge in [0.2, 0.25) is 0 Å². The van der Waals surface area contributed by atoms with Crippen LogP contribution in [0.5, 0.6) is 5.75 Å². The zero-order valence-corrected chi connectivity index (χ0v) is 12.7. The summed E-state index contributed by atoms with van der Waals surface area (Å²) in [5, 5.41) is 4.25. The second-order valence-electron chi connectivity index (χ2n) is 4.69. The third-order valence-corrected chi connectivity index (χ3v) is 4.00. The summed E-state index contributed by atoms with van der Waals surface area (Å²) < 4.78 is 5.27. The lowest BCUT2D eigenvalue weighted by Gasteiger charge is -2.19. The molecule has 102 valence electrons. The summed E-state index contributed by atoms with van der Waals surface area (Å²) in [4.78, 5) is 0. The maximum atomic E-state index is 5.27. The molecule has 0 aliphatic carbocycles. The summed E-state index contributed by atoms with van der Waals surface area (Å²) in [6.07, 6.45) is 1.06. The molecular formula is C15H25NOS. The number of benzene rings is 1. The lowest BCUT2D eigenvalue weighted by atomic mass is 10.1. The molecule has 0 bridgehead atoms. The van der Waals surface area contributed by atoms with Gasteiger partial charge < -0.3 is 10.1 Å². The molecule has 1 aromatic carbocycles. The van der Waals surface area contributed by atoms with E-state index in [1.54, 1.807) is 7.11 Å². The zero-order valence-electron chi connectivity index (χ0n) is 11.9. The van der Waals surface area contributed by atoms with Gasteiger partial charge in [0.1, 0.15) is 5.75 Å². The monoisotopic (exact) mass is 267 g/mol. The normalized spacial score (nSPS) is 12.7. The molecule has 0 aromatic heterocycles. The Morgan fingerprint density at radius 3 is 2.72 bits per heavy atom. The molecule has 0 aliphatic heterocycles. The third-order valence-electron chi connectivity index (χ3n) is 2.74. The van der Waals surface area contributed by atoms with E-state index in [0.29, 0.717) is 11.3 Å². The molecule has 0 spiro atoms. The minimum atomic E-state index is 0.537. The Morgan fingerprint density at radius 2 is 2.11 bits per heavy atom. The first-order valence-electron chi connectivity index (χ1n) is 6.63. The van der Waals surface area contributed by atoms with E-state index in [4.69, 9.17) is 4.74 Å². The number of rotatable bonds is 8. The fourth-order valence-corrected chi connectivity index (χ4v) is 2.72. The fraction of sp³-hybridized carbons (Fsp3) is 0.600. The molecule has 1 unspecified atom stereocenters. The Balaban J connectivity index is 2.57. The van der Waals surface area contributed by atoms with Gasteiger partial charge in [0, 0.05) is 11.8 Å². The molecule has 1 N–H and O–H groups in total. The number of likely N-dealkylation sites (N-methyl/N-ethyl adjacent to an activating group) is 1. The standard InChI is InChI=1S/C15H25NOS/c1-5-16-14(11-18-12(2)3)9-13-7-6-8-15(10-13)17-4/h6-8,10,12,14,16H,5,9,11H2,1-4H3. The number of thioether (sulfide) groups is 1. The molecule has 1 atom stereocenters.